The van der Waals surface area contributed by atoms with Crippen molar-refractivity contribution in [3.63, 3.8) is 0 Å². The van der Waals surface area contributed by atoms with E-state index in [1.54, 1.807) is 26.0 Å². The SMILES string of the molecule is CC[C@@]1(C)NC(=O)N(CC(=O)OCC(=O)Nc2ccc(N3CCOCC3)cc2)C1=O. The van der Waals surface area contributed by atoms with Gasteiger partial charge in [0.15, 0.2) is 6.61 Å². The first-order valence-electron chi connectivity index (χ1n) is 9.85. The molecule has 0 unspecified atom stereocenters. The first kappa shape index (κ1) is 21.6. The van der Waals surface area contributed by atoms with Crippen molar-refractivity contribution >= 4 is 35.2 Å². The predicted molar refractivity (Wildman–Crippen MR) is 108 cm³/mol. The molecule has 2 fully saturated rings. The number of rotatable bonds is 7. The molecule has 1 aromatic carbocycles. The van der Waals surface area contributed by atoms with E-state index >= 15 is 0 Å². The van der Waals surface area contributed by atoms with Crippen LogP contribution in [0.3, 0.4) is 0 Å². The first-order chi connectivity index (χ1) is 14.3. The lowest BCUT2D eigenvalue weighted by Crippen LogP contribution is -2.43. The van der Waals surface area contributed by atoms with Gasteiger partial charge in [-0.15, -0.1) is 0 Å². The molecule has 2 heterocycles. The molecular formula is C20H26N4O6. The summed E-state index contributed by atoms with van der Waals surface area (Å²) in [6, 6.07) is 6.68. The van der Waals surface area contributed by atoms with E-state index < -0.39 is 42.5 Å². The number of amides is 4. The van der Waals surface area contributed by atoms with Gasteiger partial charge in [0.1, 0.15) is 12.1 Å². The van der Waals surface area contributed by atoms with E-state index in [4.69, 9.17) is 9.47 Å². The van der Waals surface area contributed by atoms with Crippen LogP contribution in [0, 0.1) is 0 Å². The summed E-state index contributed by atoms with van der Waals surface area (Å²) in [5.41, 5.74) is 0.582. The van der Waals surface area contributed by atoms with E-state index in [0.717, 1.165) is 23.7 Å². The van der Waals surface area contributed by atoms with E-state index in [1.165, 1.54) is 0 Å². The summed E-state index contributed by atoms with van der Waals surface area (Å²) >= 11 is 0. The number of nitrogens with one attached hydrogen (secondary N) is 2. The first-order valence-corrected chi connectivity index (χ1v) is 9.85. The highest BCUT2D eigenvalue weighted by Gasteiger charge is 2.47. The number of morpholine rings is 1. The average Bonchev–Trinajstić information content (AvgIpc) is 2.97. The lowest BCUT2D eigenvalue weighted by molar-refractivity contribution is -0.150. The van der Waals surface area contributed by atoms with Gasteiger partial charge in [0, 0.05) is 24.5 Å². The molecule has 0 bridgehead atoms. The largest absolute Gasteiger partial charge is 0.454 e. The Morgan fingerprint density at radius 3 is 2.47 bits per heavy atom. The Hall–Kier alpha value is -3.14. The quantitative estimate of drug-likeness (QED) is 0.495. The van der Waals surface area contributed by atoms with Crippen LogP contribution in [0.5, 0.6) is 0 Å². The summed E-state index contributed by atoms with van der Waals surface area (Å²) in [6.07, 6.45) is 0.399. The summed E-state index contributed by atoms with van der Waals surface area (Å²) in [4.78, 5) is 51.2. The maximum atomic E-state index is 12.3. The minimum absolute atomic E-state index is 0.399. The highest BCUT2D eigenvalue weighted by atomic mass is 16.5. The van der Waals surface area contributed by atoms with Gasteiger partial charge in [0.2, 0.25) is 0 Å². The molecule has 2 aliphatic rings. The number of nitrogens with zero attached hydrogens (tertiary/aromatic N) is 2. The van der Waals surface area contributed by atoms with Gasteiger partial charge in [-0.3, -0.25) is 19.3 Å². The van der Waals surface area contributed by atoms with E-state index in [2.05, 4.69) is 15.5 Å². The van der Waals surface area contributed by atoms with Crippen LogP contribution in [-0.2, 0) is 23.9 Å². The van der Waals surface area contributed by atoms with Gasteiger partial charge in [0.25, 0.3) is 11.8 Å². The third-order valence-electron chi connectivity index (χ3n) is 5.23. The van der Waals surface area contributed by atoms with Crippen LogP contribution in [0.1, 0.15) is 20.3 Å². The second kappa shape index (κ2) is 9.12. The molecule has 2 aliphatic heterocycles. The molecule has 1 aromatic rings. The zero-order valence-corrected chi connectivity index (χ0v) is 17.1. The summed E-state index contributed by atoms with van der Waals surface area (Å²) in [5.74, 6) is -1.84. The number of ether oxygens (including phenoxy) is 2. The van der Waals surface area contributed by atoms with Crippen molar-refractivity contribution in [3.8, 4) is 0 Å². The van der Waals surface area contributed by atoms with Crippen LogP contribution >= 0.6 is 0 Å². The Labute approximate surface area is 174 Å². The van der Waals surface area contributed by atoms with Crippen LogP contribution in [0.15, 0.2) is 24.3 Å². The van der Waals surface area contributed by atoms with Gasteiger partial charge >= 0.3 is 12.0 Å². The fourth-order valence-electron chi connectivity index (χ4n) is 3.23. The minimum Gasteiger partial charge on any atom is -0.454 e. The molecule has 2 saturated heterocycles. The maximum absolute atomic E-state index is 12.3. The molecule has 162 valence electrons. The molecule has 0 aromatic heterocycles. The molecule has 3 rings (SSSR count). The monoisotopic (exact) mass is 418 g/mol. The van der Waals surface area contributed by atoms with Gasteiger partial charge in [-0.25, -0.2) is 4.79 Å². The molecular weight excluding hydrogens is 392 g/mol. The Balaban J connectivity index is 1.44. The number of carbonyl (C=O) groups excluding carboxylic acids is 4. The third kappa shape index (κ3) is 4.88. The zero-order chi connectivity index (χ0) is 21.7. The molecule has 4 amide bonds. The normalized spacial score (nSPS) is 21.4. The Morgan fingerprint density at radius 2 is 1.87 bits per heavy atom. The molecule has 30 heavy (non-hydrogen) atoms. The number of hydrogen-bond acceptors (Lipinski definition) is 7. The van der Waals surface area contributed by atoms with Crippen LogP contribution in [-0.4, -0.2) is 73.7 Å². The van der Waals surface area contributed by atoms with Crippen molar-refractivity contribution in [1.29, 1.82) is 0 Å². The lowest BCUT2D eigenvalue weighted by Gasteiger charge is -2.28. The van der Waals surface area contributed by atoms with Crippen molar-refractivity contribution < 1.29 is 28.7 Å². The van der Waals surface area contributed by atoms with Crippen LogP contribution in [0.4, 0.5) is 16.2 Å². The molecule has 10 heteroatoms. The molecule has 0 radical (unpaired) electrons. The summed E-state index contributed by atoms with van der Waals surface area (Å²) in [5, 5.41) is 5.19. The van der Waals surface area contributed by atoms with Crippen molar-refractivity contribution in [3.05, 3.63) is 24.3 Å². The van der Waals surface area contributed by atoms with Crippen LogP contribution in [0.25, 0.3) is 0 Å². The topological polar surface area (TPSA) is 117 Å². The Morgan fingerprint density at radius 1 is 1.20 bits per heavy atom. The average molecular weight is 418 g/mol. The van der Waals surface area contributed by atoms with Gasteiger partial charge in [-0.2, -0.15) is 0 Å². The van der Waals surface area contributed by atoms with Gasteiger partial charge in [0.05, 0.1) is 13.2 Å². The van der Waals surface area contributed by atoms with Gasteiger partial charge in [-0.1, -0.05) is 6.92 Å². The van der Waals surface area contributed by atoms with Crippen molar-refractivity contribution in [2.75, 3.05) is 49.7 Å². The van der Waals surface area contributed by atoms with E-state index in [1.807, 2.05) is 12.1 Å². The summed E-state index contributed by atoms with van der Waals surface area (Å²) in [6.45, 7) is 5.31. The van der Waals surface area contributed by atoms with E-state index in [-0.39, 0.29) is 0 Å². The zero-order valence-electron chi connectivity index (χ0n) is 17.1. The fraction of sp³-hybridized carbons (Fsp3) is 0.500. The number of hydrogen-bond donors (Lipinski definition) is 2. The van der Waals surface area contributed by atoms with E-state index in [9.17, 15) is 19.2 Å². The maximum Gasteiger partial charge on any atom is 0.326 e. The Kier molecular flexibility index (Phi) is 6.56. The fourth-order valence-corrected chi connectivity index (χ4v) is 3.23. The van der Waals surface area contributed by atoms with E-state index in [0.29, 0.717) is 25.3 Å². The number of carbonyl (C=O) groups is 4. The molecule has 2 N–H and O–H groups in total. The molecule has 1 atom stereocenters. The second-order valence-electron chi connectivity index (χ2n) is 7.36. The number of urea groups is 1. The standard InChI is InChI=1S/C20H26N4O6/c1-3-20(2)18(27)24(19(28)22-20)12-17(26)30-13-16(25)21-14-4-6-15(7-5-14)23-8-10-29-11-9-23/h4-7H,3,8-13H2,1-2H3,(H,21,25)(H,22,28)/t20-/m1/s1. The summed E-state index contributed by atoms with van der Waals surface area (Å²) < 4.78 is 10.2. The number of anilines is 2. The lowest BCUT2D eigenvalue weighted by atomic mass is 9.99. The molecule has 0 spiro atoms. The predicted octanol–water partition coefficient (Wildman–Crippen LogP) is 0.725. The number of esters is 1. The second-order valence-corrected chi connectivity index (χ2v) is 7.36. The highest BCUT2D eigenvalue weighted by molar-refractivity contribution is 6.08. The number of imide groups is 1. The highest BCUT2D eigenvalue weighted by Crippen LogP contribution is 2.21. The minimum atomic E-state index is -1.03. The van der Waals surface area contributed by atoms with Crippen molar-refractivity contribution in [2.45, 2.75) is 25.8 Å². The third-order valence-corrected chi connectivity index (χ3v) is 5.23. The molecule has 0 saturated carbocycles. The van der Waals surface area contributed by atoms with Crippen LogP contribution in [0.2, 0.25) is 0 Å². The van der Waals surface area contributed by atoms with Crippen molar-refractivity contribution in [1.82, 2.24) is 10.2 Å². The van der Waals surface area contributed by atoms with Crippen molar-refractivity contribution in [2.24, 2.45) is 0 Å². The van der Waals surface area contributed by atoms with Gasteiger partial charge < -0.3 is 25.0 Å². The van der Waals surface area contributed by atoms with Crippen LogP contribution < -0.4 is 15.5 Å². The Bertz CT molecular complexity index is 821. The smallest absolute Gasteiger partial charge is 0.326 e. The van der Waals surface area contributed by atoms with Gasteiger partial charge in [-0.05, 0) is 37.6 Å². The molecule has 10 nitrogen and oxygen atoms in total. The summed E-state index contributed by atoms with van der Waals surface area (Å²) in [7, 11) is 0. The number of benzene rings is 1. The molecule has 0 aliphatic carbocycles.